The number of rotatable bonds is 6. The highest BCUT2D eigenvalue weighted by molar-refractivity contribution is 5.94. The maximum absolute atomic E-state index is 12.5. The number of hydrogen-bond acceptors (Lipinski definition) is 6. The van der Waals surface area contributed by atoms with E-state index in [9.17, 15) is 4.79 Å². The summed E-state index contributed by atoms with van der Waals surface area (Å²) in [6.45, 7) is 3.92. The minimum Gasteiger partial charge on any atom is -0.339 e. The molecule has 4 rings (SSSR count). The molecular weight excluding hydrogens is 366 g/mol. The average molecular weight is 391 g/mol. The van der Waals surface area contributed by atoms with Gasteiger partial charge in [0.25, 0.3) is 0 Å². The molecule has 0 aliphatic heterocycles. The van der Waals surface area contributed by atoms with Gasteiger partial charge in [-0.1, -0.05) is 18.9 Å². The van der Waals surface area contributed by atoms with Crippen molar-refractivity contribution in [2.24, 2.45) is 5.92 Å². The normalized spacial score (nSPS) is 14.0. The van der Waals surface area contributed by atoms with Crippen LogP contribution < -0.4 is 16.0 Å². The van der Waals surface area contributed by atoms with E-state index in [0.717, 1.165) is 48.3 Å². The Morgan fingerprint density at radius 1 is 1.03 bits per heavy atom. The van der Waals surface area contributed by atoms with Crippen LogP contribution in [0.4, 0.5) is 28.8 Å². The Hall–Kier alpha value is -3.42. The second kappa shape index (κ2) is 8.30. The van der Waals surface area contributed by atoms with Crippen LogP contribution >= 0.6 is 0 Å². The highest BCUT2D eigenvalue weighted by atomic mass is 16.1. The fourth-order valence-electron chi connectivity index (χ4n) is 3.50. The summed E-state index contributed by atoms with van der Waals surface area (Å²) in [5.74, 6) is 2.11. The molecule has 29 heavy (non-hydrogen) atoms. The number of anilines is 5. The molecule has 8 heteroatoms. The molecule has 1 aromatic carbocycles. The van der Waals surface area contributed by atoms with Gasteiger partial charge in [0.2, 0.25) is 5.91 Å². The van der Waals surface area contributed by atoms with Gasteiger partial charge in [-0.25, -0.2) is 4.98 Å². The van der Waals surface area contributed by atoms with Crippen LogP contribution in [0.3, 0.4) is 0 Å². The lowest BCUT2D eigenvalue weighted by molar-refractivity contribution is -0.119. The zero-order chi connectivity index (χ0) is 20.2. The molecule has 0 unspecified atom stereocenters. The second-order valence-electron chi connectivity index (χ2n) is 7.48. The fourth-order valence-corrected chi connectivity index (χ4v) is 3.50. The van der Waals surface area contributed by atoms with Gasteiger partial charge in [-0.05, 0) is 44.4 Å². The first-order valence-corrected chi connectivity index (χ1v) is 9.86. The average Bonchev–Trinajstić information content (AvgIpc) is 3.37. The van der Waals surface area contributed by atoms with Crippen molar-refractivity contribution in [2.75, 3.05) is 16.0 Å². The van der Waals surface area contributed by atoms with Crippen molar-refractivity contribution in [3.63, 3.8) is 0 Å². The number of carbonyl (C=O) groups excluding carboxylic acids is 1. The minimum atomic E-state index is 0.114. The number of amides is 1. The zero-order valence-corrected chi connectivity index (χ0v) is 16.6. The van der Waals surface area contributed by atoms with Gasteiger partial charge in [-0.2, -0.15) is 5.10 Å². The highest BCUT2D eigenvalue weighted by Gasteiger charge is 2.23. The number of aryl methyl sites for hydroxylation is 2. The summed E-state index contributed by atoms with van der Waals surface area (Å²) in [6, 6.07) is 7.76. The number of carbonyl (C=O) groups is 1. The van der Waals surface area contributed by atoms with Crippen LogP contribution in [-0.2, 0) is 4.79 Å². The predicted molar refractivity (Wildman–Crippen MR) is 114 cm³/mol. The van der Waals surface area contributed by atoms with Crippen LogP contribution in [0.1, 0.15) is 36.9 Å². The van der Waals surface area contributed by atoms with E-state index in [4.69, 9.17) is 0 Å². The molecule has 4 N–H and O–H groups in total. The van der Waals surface area contributed by atoms with Crippen LogP contribution in [0, 0.1) is 19.8 Å². The van der Waals surface area contributed by atoms with E-state index in [1.165, 1.54) is 0 Å². The van der Waals surface area contributed by atoms with Crippen LogP contribution in [0.2, 0.25) is 0 Å². The van der Waals surface area contributed by atoms with Gasteiger partial charge in [0.15, 0.2) is 17.5 Å². The van der Waals surface area contributed by atoms with Crippen molar-refractivity contribution in [3.8, 4) is 0 Å². The molecule has 1 fully saturated rings. The van der Waals surface area contributed by atoms with Gasteiger partial charge < -0.3 is 16.0 Å². The zero-order valence-electron chi connectivity index (χ0n) is 16.6. The molecule has 1 saturated carbocycles. The standard InChI is InChI=1S/C21H25N7O/c1-13-7-8-16(10-17(13)24-21(29)15-5-3-4-6-15)23-19-11-22-12-20(26-19)25-18-9-14(2)27-28-18/h7-12,15H,3-6H2,1-2H3,(H,24,29)(H3,23,25,26,27,28). The largest absolute Gasteiger partial charge is 0.339 e. The van der Waals surface area contributed by atoms with Crippen molar-refractivity contribution in [1.82, 2.24) is 20.2 Å². The highest BCUT2D eigenvalue weighted by Crippen LogP contribution is 2.28. The van der Waals surface area contributed by atoms with Crippen molar-refractivity contribution in [1.29, 1.82) is 0 Å². The number of aromatic nitrogens is 4. The third kappa shape index (κ3) is 4.71. The molecule has 1 aliphatic rings. The second-order valence-corrected chi connectivity index (χ2v) is 7.48. The smallest absolute Gasteiger partial charge is 0.227 e. The summed E-state index contributed by atoms with van der Waals surface area (Å²) in [4.78, 5) is 21.2. The maximum Gasteiger partial charge on any atom is 0.227 e. The van der Waals surface area contributed by atoms with Gasteiger partial charge in [-0.15, -0.1) is 0 Å². The Balaban J connectivity index is 1.46. The number of H-pyrrole nitrogens is 1. The van der Waals surface area contributed by atoms with Crippen molar-refractivity contribution >= 4 is 34.7 Å². The third-order valence-corrected chi connectivity index (χ3v) is 5.09. The summed E-state index contributed by atoms with van der Waals surface area (Å²) in [5.41, 5.74) is 3.64. The van der Waals surface area contributed by atoms with E-state index in [1.54, 1.807) is 12.4 Å². The number of benzene rings is 1. The number of hydrogen-bond donors (Lipinski definition) is 4. The Labute approximate surface area is 169 Å². The molecule has 1 aliphatic carbocycles. The number of aromatic amines is 1. The lowest BCUT2D eigenvalue weighted by Gasteiger charge is -2.14. The van der Waals surface area contributed by atoms with Crippen molar-refractivity contribution in [3.05, 3.63) is 47.9 Å². The lowest BCUT2D eigenvalue weighted by atomic mass is 10.1. The first kappa shape index (κ1) is 18.9. The van der Waals surface area contributed by atoms with E-state index in [-0.39, 0.29) is 11.8 Å². The lowest BCUT2D eigenvalue weighted by Crippen LogP contribution is -2.20. The van der Waals surface area contributed by atoms with Crippen molar-refractivity contribution in [2.45, 2.75) is 39.5 Å². The monoisotopic (exact) mass is 391 g/mol. The van der Waals surface area contributed by atoms with E-state index in [0.29, 0.717) is 17.5 Å². The summed E-state index contributed by atoms with van der Waals surface area (Å²) in [6.07, 6.45) is 7.52. The minimum absolute atomic E-state index is 0.114. The van der Waals surface area contributed by atoms with Crippen LogP contribution in [0.25, 0.3) is 0 Å². The quantitative estimate of drug-likeness (QED) is 0.495. The molecule has 150 valence electrons. The predicted octanol–water partition coefficient (Wildman–Crippen LogP) is 4.43. The van der Waals surface area contributed by atoms with E-state index in [2.05, 4.69) is 36.1 Å². The molecule has 3 aromatic rings. The third-order valence-electron chi connectivity index (χ3n) is 5.09. The molecule has 0 atom stereocenters. The van der Waals surface area contributed by atoms with E-state index >= 15 is 0 Å². The molecule has 1 amide bonds. The SMILES string of the molecule is Cc1cc(Nc2cncc(Nc3ccc(C)c(NC(=O)C4CCCC4)c3)n2)n[nH]1. The maximum atomic E-state index is 12.5. The van der Waals surface area contributed by atoms with Gasteiger partial charge in [0, 0.05) is 29.1 Å². The Morgan fingerprint density at radius 3 is 2.52 bits per heavy atom. The fraction of sp³-hybridized carbons (Fsp3) is 0.333. The summed E-state index contributed by atoms with van der Waals surface area (Å²) < 4.78 is 0. The summed E-state index contributed by atoms with van der Waals surface area (Å²) >= 11 is 0. The summed E-state index contributed by atoms with van der Waals surface area (Å²) in [5, 5.41) is 16.5. The molecule has 0 radical (unpaired) electrons. The molecule has 0 bridgehead atoms. The van der Waals surface area contributed by atoms with Gasteiger partial charge in [0.1, 0.15) is 0 Å². The van der Waals surface area contributed by atoms with Crippen molar-refractivity contribution < 1.29 is 4.79 Å². The molecule has 0 saturated heterocycles. The first-order valence-electron chi connectivity index (χ1n) is 9.86. The van der Waals surface area contributed by atoms with Gasteiger partial charge in [0.05, 0.1) is 12.4 Å². The Morgan fingerprint density at radius 2 is 1.79 bits per heavy atom. The topological polar surface area (TPSA) is 108 Å². The molecule has 0 spiro atoms. The number of nitrogens with zero attached hydrogens (tertiary/aromatic N) is 3. The van der Waals surface area contributed by atoms with E-state index in [1.807, 2.05) is 38.1 Å². The first-order chi connectivity index (χ1) is 14.1. The van der Waals surface area contributed by atoms with Crippen LogP contribution in [0.5, 0.6) is 0 Å². The summed E-state index contributed by atoms with van der Waals surface area (Å²) in [7, 11) is 0. The molecule has 2 heterocycles. The molecule has 2 aromatic heterocycles. The Bertz CT molecular complexity index is 1010. The number of nitrogens with one attached hydrogen (secondary N) is 4. The Kier molecular flexibility index (Phi) is 5.41. The van der Waals surface area contributed by atoms with Crippen LogP contribution in [-0.4, -0.2) is 26.1 Å². The van der Waals surface area contributed by atoms with Gasteiger partial charge >= 0.3 is 0 Å². The molecule has 8 nitrogen and oxygen atoms in total. The van der Waals surface area contributed by atoms with Gasteiger partial charge in [-0.3, -0.25) is 14.9 Å². The van der Waals surface area contributed by atoms with E-state index < -0.39 is 0 Å². The molecular formula is C21H25N7O. The van der Waals surface area contributed by atoms with Crippen LogP contribution in [0.15, 0.2) is 36.7 Å².